The Morgan fingerprint density at radius 2 is 2.05 bits per heavy atom. The van der Waals surface area contributed by atoms with Gasteiger partial charge in [-0.25, -0.2) is 14.4 Å². The molecule has 0 radical (unpaired) electrons. The summed E-state index contributed by atoms with van der Waals surface area (Å²) in [4.78, 5) is 9.91. The van der Waals surface area contributed by atoms with Crippen LogP contribution in [0.15, 0.2) is 18.6 Å². The number of piperidine rings is 1. The van der Waals surface area contributed by atoms with Gasteiger partial charge in [0.15, 0.2) is 11.6 Å². The lowest BCUT2D eigenvalue weighted by Crippen LogP contribution is -2.44. The van der Waals surface area contributed by atoms with Crippen molar-refractivity contribution in [2.45, 2.75) is 31.8 Å². The number of anilines is 1. The Bertz CT molecular complexity index is 664. The molecule has 0 atom stereocenters. The molecule has 22 heavy (non-hydrogen) atoms. The summed E-state index contributed by atoms with van der Waals surface area (Å²) in [6.07, 6.45) is 4.64. The highest BCUT2D eigenvalue weighted by atomic mass is 19.1. The second-order valence-electron chi connectivity index (χ2n) is 5.67. The van der Waals surface area contributed by atoms with Crippen LogP contribution in [0.2, 0.25) is 0 Å². The predicted octanol–water partition coefficient (Wildman–Crippen LogP) is 1.40. The maximum Gasteiger partial charge on any atom is 0.187 e. The largest absolute Gasteiger partial charge is 0.383 e. The first kappa shape index (κ1) is 14.9. The van der Waals surface area contributed by atoms with E-state index in [0.717, 1.165) is 5.69 Å². The Morgan fingerprint density at radius 1 is 1.32 bits per heavy atom. The minimum Gasteiger partial charge on any atom is -0.383 e. The topological polar surface area (TPSA) is 67.1 Å². The fourth-order valence-electron chi connectivity index (χ4n) is 3.04. The quantitative estimate of drug-likeness (QED) is 0.928. The van der Waals surface area contributed by atoms with Crippen LogP contribution in [0.1, 0.15) is 31.2 Å². The Labute approximate surface area is 128 Å². The van der Waals surface area contributed by atoms with Crippen molar-refractivity contribution in [2.24, 2.45) is 7.05 Å². The molecule has 1 fully saturated rings. The fourth-order valence-corrected chi connectivity index (χ4v) is 3.04. The first-order valence-electron chi connectivity index (χ1n) is 7.50. The van der Waals surface area contributed by atoms with Crippen molar-refractivity contribution in [2.75, 3.05) is 18.0 Å². The van der Waals surface area contributed by atoms with Gasteiger partial charge in [-0.1, -0.05) is 6.92 Å². The lowest BCUT2D eigenvalue weighted by Gasteiger charge is -2.38. The first-order chi connectivity index (χ1) is 10.5. The number of halogens is 1. The lowest BCUT2D eigenvalue weighted by molar-refractivity contribution is 0.00391. The molecule has 0 aromatic carbocycles. The average Bonchev–Trinajstić information content (AvgIpc) is 2.96. The van der Waals surface area contributed by atoms with Gasteiger partial charge in [-0.05, 0) is 25.3 Å². The number of rotatable bonds is 3. The Morgan fingerprint density at radius 3 is 2.64 bits per heavy atom. The van der Waals surface area contributed by atoms with Gasteiger partial charge >= 0.3 is 0 Å². The van der Waals surface area contributed by atoms with Gasteiger partial charge in [0.2, 0.25) is 0 Å². The van der Waals surface area contributed by atoms with Gasteiger partial charge in [-0.3, -0.25) is 4.68 Å². The third kappa shape index (κ3) is 2.45. The fraction of sp³-hybridized carbons (Fsp3) is 0.533. The van der Waals surface area contributed by atoms with E-state index in [1.54, 1.807) is 10.9 Å². The normalized spacial score (nSPS) is 17.7. The smallest absolute Gasteiger partial charge is 0.187 e. The summed E-state index contributed by atoms with van der Waals surface area (Å²) >= 11 is 0. The molecule has 0 saturated carbocycles. The Balaban J connectivity index is 1.79. The zero-order chi connectivity index (χ0) is 15.7. The van der Waals surface area contributed by atoms with E-state index in [0.29, 0.717) is 43.9 Å². The van der Waals surface area contributed by atoms with E-state index in [-0.39, 0.29) is 5.82 Å². The minimum atomic E-state index is -0.918. The number of hydrogen-bond donors (Lipinski definition) is 1. The van der Waals surface area contributed by atoms with Crippen molar-refractivity contribution in [3.05, 3.63) is 35.8 Å². The molecule has 2 aromatic rings. The van der Waals surface area contributed by atoms with Gasteiger partial charge in [0, 0.05) is 26.3 Å². The van der Waals surface area contributed by atoms with Crippen molar-refractivity contribution in [3.8, 4) is 0 Å². The molecule has 1 aliphatic heterocycles. The number of aryl methyl sites for hydroxylation is 2. The van der Waals surface area contributed by atoms with E-state index >= 15 is 0 Å². The van der Waals surface area contributed by atoms with Crippen molar-refractivity contribution in [3.63, 3.8) is 0 Å². The van der Waals surface area contributed by atoms with Crippen LogP contribution in [0.3, 0.4) is 0 Å². The van der Waals surface area contributed by atoms with E-state index in [1.165, 1.54) is 6.33 Å². The second-order valence-corrected chi connectivity index (χ2v) is 5.67. The highest BCUT2D eigenvalue weighted by Crippen LogP contribution is 2.34. The maximum atomic E-state index is 14.3. The van der Waals surface area contributed by atoms with E-state index in [9.17, 15) is 9.50 Å². The average molecular weight is 305 g/mol. The van der Waals surface area contributed by atoms with Gasteiger partial charge in [0.1, 0.15) is 11.9 Å². The molecule has 3 heterocycles. The van der Waals surface area contributed by atoms with Crippen molar-refractivity contribution in [1.82, 2.24) is 19.7 Å². The second kappa shape index (κ2) is 5.64. The van der Waals surface area contributed by atoms with Crippen LogP contribution in [0.5, 0.6) is 0 Å². The van der Waals surface area contributed by atoms with E-state index in [1.807, 2.05) is 24.9 Å². The van der Waals surface area contributed by atoms with E-state index in [4.69, 9.17) is 0 Å². The highest BCUT2D eigenvalue weighted by molar-refractivity contribution is 5.42. The standard InChI is InChI=1S/C15H20FN5O/c1-3-11-13(16)14(18-10-17-11)21-8-5-15(22,6-9-21)12-4-7-19-20(12)2/h4,7,10,22H,3,5-6,8-9H2,1-2H3. The van der Waals surface area contributed by atoms with Crippen LogP contribution >= 0.6 is 0 Å². The number of aliphatic hydroxyl groups is 1. The third-order valence-corrected chi connectivity index (χ3v) is 4.37. The summed E-state index contributed by atoms with van der Waals surface area (Å²) < 4.78 is 16.0. The molecule has 0 bridgehead atoms. The molecule has 3 rings (SSSR count). The summed E-state index contributed by atoms with van der Waals surface area (Å²) in [5.74, 6) is -0.0186. The molecule has 0 unspecified atom stereocenters. The number of hydrogen-bond acceptors (Lipinski definition) is 5. The molecular weight excluding hydrogens is 285 g/mol. The molecule has 1 aliphatic rings. The molecular formula is C15H20FN5O. The molecule has 118 valence electrons. The van der Waals surface area contributed by atoms with Crippen molar-refractivity contribution < 1.29 is 9.50 Å². The number of nitrogens with zero attached hydrogens (tertiary/aromatic N) is 5. The van der Waals surface area contributed by atoms with E-state index in [2.05, 4.69) is 15.1 Å². The molecule has 7 heteroatoms. The van der Waals surface area contributed by atoms with Gasteiger partial charge in [0.05, 0.1) is 11.4 Å². The summed E-state index contributed by atoms with van der Waals surface area (Å²) in [6, 6.07) is 1.83. The van der Waals surface area contributed by atoms with Crippen LogP contribution < -0.4 is 4.90 Å². The molecule has 0 amide bonds. The summed E-state index contributed by atoms with van der Waals surface area (Å²) in [5, 5.41) is 14.9. The lowest BCUT2D eigenvalue weighted by atomic mass is 9.88. The van der Waals surface area contributed by atoms with Crippen molar-refractivity contribution >= 4 is 5.82 Å². The summed E-state index contributed by atoms with van der Waals surface area (Å²) in [6.45, 7) is 2.95. The zero-order valence-electron chi connectivity index (χ0n) is 12.8. The zero-order valence-corrected chi connectivity index (χ0v) is 12.8. The molecule has 1 saturated heterocycles. The molecule has 0 spiro atoms. The maximum absolute atomic E-state index is 14.3. The predicted molar refractivity (Wildman–Crippen MR) is 79.9 cm³/mol. The molecule has 1 N–H and O–H groups in total. The van der Waals surface area contributed by atoms with Gasteiger partial charge in [-0.15, -0.1) is 0 Å². The monoisotopic (exact) mass is 305 g/mol. The third-order valence-electron chi connectivity index (χ3n) is 4.37. The van der Waals surface area contributed by atoms with Crippen LogP contribution in [0, 0.1) is 5.82 Å². The van der Waals surface area contributed by atoms with Crippen LogP contribution in [0.4, 0.5) is 10.2 Å². The minimum absolute atomic E-state index is 0.332. The van der Waals surface area contributed by atoms with Crippen molar-refractivity contribution in [1.29, 1.82) is 0 Å². The van der Waals surface area contributed by atoms with Crippen LogP contribution in [-0.2, 0) is 19.1 Å². The van der Waals surface area contributed by atoms with E-state index < -0.39 is 5.60 Å². The van der Waals surface area contributed by atoms with Crippen LogP contribution in [-0.4, -0.2) is 37.9 Å². The Hall–Kier alpha value is -2.02. The molecule has 0 aliphatic carbocycles. The SMILES string of the molecule is CCc1ncnc(N2CCC(O)(c3ccnn3C)CC2)c1F. The first-order valence-corrected chi connectivity index (χ1v) is 7.50. The van der Waals surface area contributed by atoms with Crippen LogP contribution in [0.25, 0.3) is 0 Å². The molecule has 2 aromatic heterocycles. The van der Waals surface area contributed by atoms with Gasteiger partial charge < -0.3 is 10.0 Å². The number of aromatic nitrogens is 4. The van der Waals surface area contributed by atoms with Gasteiger partial charge in [0.25, 0.3) is 0 Å². The summed E-state index contributed by atoms with van der Waals surface area (Å²) in [5.41, 5.74) is 0.306. The summed E-state index contributed by atoms with van der Waals surface area (Å²) in [7, 11) is 1.82. The Kier molecular flexibility index (Phi) is 3.82. The van der Waals surface area contributed by atoms with Gasteiger partial charge in [-0.2, -0.15) is 5.10 Å². The highest BCUT2D eigenvalue weighted by Gasteiger charge is 2.37. The molecule has 6 nitrogen and oxygen atoms in total.